The zero-order chi connectivity index (χ0) is 18.2. The molecule has 0 aliphatic rings. The SMILES string of the molecule is CCOC(=O)c1cc(C=Cc2cccc(OC)c2)c(OC)c(OC)c1. The summed E-state index contributed by atoms with van der Waals surface area (Å²) < 4.78 is 21.1. The Labute approximate surface area is 147 Å². The zero-order valence-corrected chi connectivity index (χ0v) is 14.9. The van der Waals surface area contributed by atoms with Crippen LogP contribution in [-0.4, -0.2) is 33.9 Å². The molecular weight excluding hydrogens is 320 g/mol. The van der Waals surface area contributed by atoms with E-state index >= 15 is 0 Å². The third-order valence-electron chi connectivity index (χ3n) is 3.57. The van der Waals surface area contributed by atoms with Crippen LogP contribution in [0.15, 0.2) is 36.4 Å². The molecule has 0 amide bonds. The molecule has 0 aliphatic heterocycles. The Morgan fingerprint density at radius 2 is 1.80 bits per heavy atom. The second kappa shape index (κ2) is 8.78. The molecule has 0 N–H and O–H groups in total. The molecule has 0 atom stereocenters. The Balaban J connectivity index is 2.44. The summed E-state index contributed by atoms with van der Waals surface area (Å²) in [6, 6.07) is 11.0. The summed E-state index contributed by atoms with van der Waals surface area (Å²) in [4.78, 5) is 12.1. The quantitative estimate of drug-likeness (QED) is 0.561. The van der Waals surface area contributed by atoms with Gasteiger partial charge >= 0.3 is 5.97 Å². The van der Waals surface area contributed by atoms with Gasteiger partial charge in [0.05, 0.1) is 33.5 Å². The summed E-state index contributed by atoms with van der Waals surface area (Å²) in [5.74, 6) is 1.39. The van der Waals surface area contributed by atoms with Crippen LogP contribution in [0.5, 0.6) is 17.2 Å². The first-order valence-electron chi connectivity index (χ1n) is 7.88. The van der Waals surface area contributed by atoms with E-state index in [4.69, 9.17) is 18.9 Å². The molecule has 2 rings (SSSR count). The smallest absolute Gasteiger partial charge is 0.338 e. The highest BCUT2D eigenvalue weighted by molar-refractivity contribution is 5.92. The summed E-state index contributed by atoms with van der Waals surface area (Å²) in [6.45, 7) is 2.07. The van der Waals surface area contributed by atoms with Crippen LogP contribution in [0.3, 0.4) is 0 Å². The lowest BCUT2D eigenvalue weighted by molar-refractivity contribution is 0.0526. The Hall–Kier alpha value is -2.95. The number of ether oxygens (including phenoxy) is 4. The predicted molar refractivity (Wildman–Crippen MR) is 97.4 cm³/mol. The molecule has 132 valence electrons. The standard InChI is InChI=1S/C20H22O5/c1-5-25-20(21)16-12-15(19(24-4)18(13-16)23-3)10-9-14-7-6-8-17(11-14)22-2/h6-13H,5H2,1-4H3. The normalized spacial score (nSPS) is 10.6. The van der Waals surface area contributed by atoms with Crippen LogP contribution in [0.4, 0.5) is 0 Å². The average Bonchev–Trinajstić information content (AvgIpc) is 2.65. The first kappa shape index (κ1) is 18.4. The second-order valence-corrected chi connectivity index (χ2v) is 5.13. The summed E-state index contributed by atoms with van der Waals surface area (Å²) in [5, 5.41) is 0. The summed E-state index contributed by atoms with van der Waals surface area (Å²) in [6.07, 6.45) is 3.77. The van der Waals surface area contributed by atoms with Crippen molar-refractivity contribution in [3.05, 3.63) is 53.1 Å². The van der Waals surface area contributed by atoms with E-state index in [9.17, 15) is 4.79 Å². The van der Waals surface area contributed by atoms with Crippen molar-refractivity contribution in [2.24, 2.45) is 0 Å². The van der Waals surface area contributed by atoms with E-state index in [2.05, 4.69) is 0 Å². The highest BCUT2D eigenvalue weighted by Gasteiger charge is 2.15. The van der Waals surface area contributed by atoms with Crippen molar-refractivity contribution in [3.8, 4) is 17.2 Å². The fraction of sp³-hybridized carbons (Fsp3) is 0.250. The van der Waals surface area contributed by atoms with Crippen molar-refractivity contribution >= 4 is 18.1 Å². The first-order chi connectivity index (χ1) is 12.1. The first-order valence-corrected chi connectivity index (χ1v) is 7.88. The van der Waals surface area contributed by atoms with Crippen LogP contribution in [0.25, 0.3) is 12.2 Å². The number of carbonyl (C=O) groups is 1. The molecule has 0 aliphatic carbocycles. The van der Waals surface area contributed by atoms with Gasteiger partial charge in [0.15, 0.2) is 11.5 Å². The molecule has 0 saturated carbocycles. The van der Waals surface area contributed by atoms with Crippen molar-refractivity contribution in [1.29, 1.82) is 0 Å². The van der Waals surface area contributed by atoms with E-state index in [0.717, 1.165) is 11.3 Å². The minimum absolute atomic E-state index is 0.308. The molecule has 0 saturated heterocycles. The molecule has 0 unspecified atom stereocenters. The maximum absolute atomic E-state index is 12.1. The van der Waals surface area contributed by atoms with Gasteiger partial charge in [0.25, 0.3) is 0 Å². The molecule has 0 spiro atoms. The van der Waals surface area contributed by atoms with Crippen LogP contribution in [0.2, 0.25) is 0 Å². The van der Waals surface area contributed by atoms with E-state index < -0.39 is 5.97 Å². The molecule has 2 aromatic rings. The Morgan fingerprint density at radius 1 is 1.00 bits per heavy atom. The Morgan fingerprint density at radius 3 is 2.44 bits per heavy atom. The Bertz CT molecular complexity index is 765. The van der Waals surface area contributed by atoms with Crippen LogP contribution < -0.4 is 14.2 Å². The van der Waals surface area contributed by atoms with Gasteiger partial charge in [-0.25, -0.2) is 4.79 Å². The number of methoxy groups -OCH3 is 3. The van der Waals surface area contributed by atoms with Gasteiger partial charge < -0.3 is 18.9 Å². The van der Waals surface area contributed by atoms with Gasteiger partial charge in [-0.05, 0) is 36.8 Å². The van der Waals surface area contributed by atoms with Gasteiger partial charge in [0.1, 0.15) is 5.75 Å². The summed E-state index contributed by atoms with van der Waals surface area (Å²) >= 11 is 0. The van der Waals surface area contributed by atoms with E-state index in [1.54, 1.807) is 33.3 Å². The van der Waals surface area contributed by atoms with Gasteiger partial charge in [-0.2, -0.15) is 0 Å². The van der Waals surface area contributed by atoms with Gasteiger partial charge in [-0.3, -0.25) is 0 Å². The highest BCUT2D eigenvalue weighted by atomic mass is 16.5. The predicted octanol–water partition coefficient (Wildman–Crippen LogP) is 4.06. The molecule has 0 fully saturated rings. The minimum atomic E-state index is -0.403. The number of hydrogen-bond donors (Lipinski definition) is 0. The van der Waals surface area contributed by atoms with Crippen LogP contribution in [0, 0.1) is 0 Å². The lowest BCUT2D eigenvalue weighted by Crippen LogP contribution is -2.06. The third kappa shape index (κ3) is 4.53. The fourth-order valence-electron chi connectivity index (χ4n) is 2.38. The van der Waals surface area contributed by atoms with E-state index in [-0.39, 0.29) is 0 Å². The molecule has 5 heteroatoms. The lowest BCUT2D eigenvalue weighted by atomic mass is 10.1. The average molecular weight is 342 g/mol. The second-order valence-electron chi connectivity index (χ2n) is 5.13. The number of rotatable bonds is 7. The monoisotopic (exact) mass is 342 g/mol. The van der Waals surface area contributed by atoms with Crippen LogP contribution in [-0.2, 0) is 4.74 Å². The third-order valence-corrected chi connectivity index (χ3v) is 3.57. The van der Waals surface area contributed by atoms with Crippen molar-refractivity contribution in [1.82, 2.24) is 0 Å². The molecular formula is C20H22O5. The Kier molecular flexibility index (Phi) is 6.46. The van der Waals surface area contributed by atoms with Gasteiger partial charge in [0, 0.05) is 5.56 Å². The van der Waals surface area contributed by atoms with Gasteiger partial charge in [0.2, 0.25) is 0 Å². The number of carbonyl (C=O) groups excluding carboxylic acids is 1. The fourth-order valence-corrected chi connectivity index (χ4v) is 2.38. The van der Waals surface area contributed by atoms with Crippen molar-refractivity contribution in [3.63, 3.8) is 0 Å². The van der Waals surface area contributed by atoms with E-state index in [1.165, 1.54) is 7.11 Å². The number of hydrogen-bond acceptors (Lipinski definition) is 5. The maximum atomic E-state index is 12.1. The molecule has 0 heterocycles. The molecule has 0 radical (unpaired) electrons. The van der Waals surface area contributed by atoms with Crippen LogP contribution in [0.1, 0.15) is 28.4 Å². The highest BCUT2D eigenvalue weighted by Crippen LogP contribution is 2.34. The number of esters is 1. The lowest BCUT2D eigenvalue weighted by Gasteiger charge is -2.13. The molecule has 0 bridgehead atoms. The summed E-state index contributed by atoms with van der Waals surface area (Å²) in [7, 11) is 4.71. The maximum Gasteiger partial charge on any atom is 0.338 e. The zero-order valence-electron chi connectivity index (χ0n) is 14.9. The van der Waals surface area contributed by atoms with Crippen molar-refractivity contribution < 1.29 is 23.7 Å². The van der Waals surface area contributed by atoms with Gasteiger partial charge in [-0.1, -0.05) is 24.3 Å². The van der Waals surface area contributed by atoms with Crippen molar-refractivity contribution in [2.75, 3.05) is 27.9 Å². The van der Waals surface area contributed by atoms with Gasteiger partial charge in [-0.15, -0.1) is 0 Å². The largest absolute Gasteiger partial charge is 0.497 e. The van der Waals surface area contributed by atoms with Crippen molar-refractivity contribution in [2.45, 2.75) is 6.92 Å². The summed E-state index contributed by atoms with van der Waals surface area (Å²) in [5.41, 5.74) is 2.08. The molecule has 2 aromatic carbocycles. The molecule has 25 heavy (non-hydrogen) atoms. The van der Waals surface area contributed by atoms with E-state index in [1.807, 2.05) is 36.4 Å². The van der Waals surface area contributed by atoms with Crippen LogP contribution >= 0.6 is 0 Å². The molecule has 5 nitrogen and oxygen atoms in total. The molecule has 0 aromatic heterocycles. The number of benzene rings is 2. The topological polar surface area (TPSA) is 54.0 Å². The van der Waals surface area contributed by atoms with E-state index in [0.29, 0.717) is 29.2 Å². The minimum Gasteiger partial charge on any atom is -0.497 e.